The van der Waals surface area contributed by atoms with Crippen molar-refractivity contribution in [3.8, 4) is 11.5 Å². The number of nitrogens with zero attached hydrogens (tertiary/aromatic N) is 3. The van der Waals surface area contributed by atoms with Crippen molar-refractivity contribution in [3.05, 3.63) is 34.4 Å². The first-order valence-electron chi connectivity index (χ1n) is 3.95. The SMILES string of the molecule is O=[N+]([O-])c1ccccc1-c1nnc(S)o1. The molecule has 7 heteroatoms. The Labute approximate surface area is 89.5 Å². The van der Waals surface area contributed by atoms with E-state index in [0.29, 0.717) is 0 Å². The van der Waals surface area contributed by atoms with Gasteiger partial charge in [-0.25, -0.2) is 0 Å². The Hall–Kier alpha value is -1.89. The van der Waals surface area contributed by atoms with Gasteiger partial charge in [-0.1, -0.05) is 24.8 Å². The van der Waals surface area contributed by atoms with Gasteiger partial charge >= 0.3 is 0 Å². The Bertz CT molecular complexity index is 511. The van der Waals surface area contributed by atoms with Crippen LogP contribution in [-0.4, -0.2) is 15.1 Å². The van der Waals surface area contributed by atoms with E-state index in [4.69, 9.17) is 4.42 Å². The van der Waals surface area contributed by atoms with Gasteiger partial charge < -0.3 is 4.42 Å². The van der Waals surface area contributed by atoms with Gasteiger partial charge in [0.2, 0.25) is 0 Å². The molecular formula is C8H5N3O3S. The Kier molecular flexibility index (Phi) is 2.38. The van der Waals surface area contributed by atoms with Crippen LogP contribution in [-0.2, 0) is 0 Å². The normalized spacial score (nSPS) is 10.2. The van der Waals surface area contributed by atoms with Crippen LogP contribution in [0, 0.1) is 10.1 Å². The molecule has 0 aliphatic rings. The highest BCUT2D eigenvalue weighted by atomic mass is 32.1. The van der Waals surface area contributed by atoms with Crippen molar-refractivity contribution in [1.29, 1.82) is 0 Å². The van der Waals surface area contributed by atoms with E-state index in [9.17, 15) is 10.1 Å². The van der Waals surface area contributed by atoms with Crippen LogP contribution in [0.5, 0.6) is 0 Å². The zero-order valence-electron chi connectivity index (χ0n) is 7.32. The molecule has 1 aromatic carbocycles. The highest BCUT2D eigenvalue weighted by molar-refractivity contribution is 7.80. The lowest BCUT2D eigenvalue weighted by Crippen LogP contribution is -1.91. The Morgan fingerprint density at radius 3 is 2.67 bits per heavy atom. The third-order valence-electron chi connectivity index (χ3n) is 1.75. The number of thiol groups is 1. The van der Waals surface area contributed by atoms with Crippen LogP contribution in [0.25, 0.3) is 11.5 Å². The van der Waals surface area contributed by atoms with Crippen molar-refractivity contribution >= 4 is 18.3 Å². The van der Waals surface area contributed by atoms with Crippen molar-refractivity contribution in [2.45, 2.75) is 5.22 Å². The summed E-state index contributed by atoms with van der Waals surface area (Å²) < 4.78 is 5.00. The summed E-state index contributed by atoms with van der Waals surface area (Å²) in [5, 5.41) is 17.9. The minimum absolute atomic E-state index is 0.0724. The fourth-order valence-electron chi connectivity index (χ4n) is 1.14. The van der Waals surface area contributed by atoms with Gasteiger partial charge in [-0.15, -0.1) is 10.2 Å². The molecule has 76 valence electrons. The summed E-state index contributed by atoms with van der Waals surface area (Å²) in [7, 11) is 0. The van der Waals surface area contributed by atoms with E-state index in [1.54, 1.807) is 18.2 Å². The first kappa shape index (κ1) is 9.66. The molecular weight excluding hydrogens is 218 g/mol. The molecule has 0 fully saturated rings. The highest BCUT2D eigenvalue weighted by Crippen LogP contribution is 2.28. The lowest BCUT2D eigenvalue weighted by atomic mass is 10.2. The summed E-state index contributed by atoms with van der Waals surface area (Å²) in [6, 6.07) is 6.14. The topological polar surface area (TPSA) is 82.1 Å². The van der Waals surface area contributed by atoms with Crippen LogP contribution in [0.3, 0.4) is 0 Å². The van der Waals surface area contributed by atoms with Gasteiger partial charge in [-0.05, 0) is 6.07 Å². The lowest BCUT2D eigenvalue weighted by Gasteiger charge is -1.96. The molecule has 0 atom stereocenters. The first-order chi connectivity index (χ1) is 7.18. The quantitative estimate of drug-likeness (QED) is 0.478. The van der Waals surface area contributed by atoms with Crippen LogP contribution in [0.15, 0.2) is 33.9 Å². The fourth-order valence-corrected chi connectivity index (χ4v) is 1.27. The average molecular weight is 223 g/mol. The van der Waals surface area contributed by atoms with Crippen molar-refractivity contribution < 1.29 is 9.34 Å². The minimum Gasteiger partial charge on any atom is -0.411 e. The third-order valence-corrected chi connectivity index (χ3v) is 1.93. The van der Waals surface area contributed by atoms with E-state index in [1.165, 1.54) is 6.07 Å². The van der Waals surface area contributed by atoms with Gasteiger partial charge in [0.15, 0.2) is 0 Å². The zero-order valence-corrected chi connectivity index (χ0v) is 8.22. The molecule has 0 saturated carbocycles. The van der Waals surface area contributed by atoms with Crippen LogP contribution in [0.2, 0.25) is 0 Å². The molecule has 0 aliphatic carbocycles. The van der Waals surface area contributed by atoms with Gasteiger partial charge in [0, 0.05) is 6.07 Å². The number of rotatable bonds is 2. The van der Waals surface area contributed by atoms with Crippen LogP contribution >= 0.6 is 12.6 Å². The highest BCUT2D eigenvalue weighted by Gasteiger charge is 2.18. The van der Waals surface area contributed by atoms with Crippen LogP contribution < -0.4 is 0 Å². The van der Waals surface area contributed by atoms with Gasteiger partial charge in [0.05, 0.1) is 4.92 Å². The summed E-state index contributed by atoms with van der Waals surface area (Å²) >= 11 is 3.83. The summed E-state index contributed by atoms with van der Waals surface area (Å²) in [5.41, 5.74) is 0.213. The van der Waals surface area contributed by atoms with Crippen LogP contribution in [0.4, 0.5) is 5.69 Å². The maximum absolute atomic E-state index is 10.7. The second-order valence-corrected chi connectivity index (χ2v) is 3.05. The number of nitro groups is 1. The maximum Gasteiger partial charge on any atom is 0.282 e. The molecule has 0 saturated heterocycles. The van der Waals surface area contributed by atoms with E-state index < -0.39 is 4.92 Å². The second kappa shape index (κ2) is 3.70. The lowest BCUT2D eigenvalue weighted by molar-refractivity contribution is -0.384. The molecule has 0 N–H and O–H groups in total. The number of aromatic nitrogens is 2. The Balaban J connectivity index is 2.57. The van der Waals surface area contributed by atoms with E-state index in [1.807, 2.05) is 0 Å². The molecule has 0 amide bonds. The second-order valence-electron chi connectivity index (χ2n) is 2.66. The first-order valence-corrected chi connectivity index (χ1v) is 4.39. The summed E-state index contributed by atoms with van der Waals surface area (Å²) in [6.07, 6.45) is 0. The fraction of sp³-hybridized carbons (Fsp3) is 0. The molecule has 1 heterocycles. The zero-order chi connectivity index (χ0) is 10.8. The largest absolute Gasteiger partial charge is 0.411 e. The Morgan fingerprint density at radius 1 is 1.33 bits per heavy atom. The molecule has 0 aliphatic heterocycles. The van der Waals surface area contributed by atoms with Gasteiger partial charge in [0.25, 0.3) is 16.8 Å². The molecule has 0 unspecified atom stereocenters. The van der Waals surface area contributed by atoms with E-state index in [0.717, 1.165) is 0 Å². The number of nitro benzene ring substituents is 1. The van der Waals surface area contributed by atoms with Crippen molar-refractivity contribution in [2.75, 3.05) is 0 Å². The van der Waals surface area contributed by atoms with Crippen molar-refractivity contribution in [2.24, 2.45) is 0 Å². The Morgan fingerprint density at radius 2 is 2.07 bits per heavy atom. The third kappa shape index (κ3) is 1.82. The molecule has 2 rings (SSSR count). The average Bonchev–Trinajstić information content (AvgIpc) is 2.65. The molecule has 0 radical (unpaired) electrons. The molecule has 0 spiro atoms. The summed E-state index contributed by atoms with van der Waals surface area (Å²) in [5.74, 6) is 0.0901. The molecule has 0 bridgehead atoms. The van der Waals surface area contributed by atoms with Crippen LogP contribution in [0.1, 0.15) is 0 Å². The number of benzene rings is 1. The minimum atomic E-state index is -0.502. The summed E-state index contributed by atoms with van der Waals surface area (Å²) in [6.45, 7) is 0. The molecule has 6 nitrogen and oxygen atoms in total. The van der Waals surface area contributed by atoms with Crippen molar-refractivity contribution in [3.63, 3.8) is 0 Å². The predicted molar refractivity (Wildman–Crippen MR) is 53.6 cm³/mol. The van der Waals surface area contributed by atoms with Crippen molar-refractivity contribution in [1.82, 2.24) is 10.2 Å². The van der Waals surface area contributed by atoms with E-state index >= 15 is 0 Å². The summed E-state index contributed by atoms with van der Waals surface area (Å²) in [4.78, 5) is 10.2. The smallest absolute Gasteiger partial charge is 0.282 e. The van der Waals surface area contributed by atoms with E-state index in [-0.39, 0.29) is 22.4 Å². The molecule has 2 aromatic rings. The van der Waals surface area contributed by atoms with E-state index in [2.05, 4.69) is 22.8 Å². The monoisotopic (exact) mass is 223 g/mol. The van der Waals surface area contributed by atoms with Gasteiger partial charge in [0.1, 0.15) is 5.56 Å². The number of hydrogen-bond acceptors (Lipinski definition) is 6. The maximum atomic E-state index is 10.7. The van der Waals surface area contributed by atoms with Gasteiger partial charge in [-0.3, -0.25) is 10.1 Å². The molecule has 1 aromatic heterocycles. The number of hydrogen-bond donors (Lipinski definition) is 1. The standard InChI is InChI=1S/C8H5N3O3S/c12-11(13)6-4-2-1-3-5(6)7-9-10-8(15)14-7/h1-4H,(H,10,15). The molecule has 15 heavy (non-hydrogen) atoms. The number of para-hydroxylation sites is 1. The predicted octanol–water partition coefficient (Wildman–Crippen LogP) is 1.93. The van der Waals surface area contributed by atoms with Gasteiger partial charge in [-0.2, -0.15) is 0 Å².